The van der Waals surface area contributed by atoms with Crippen LogP contribution in [0.25, 0.3) is 11.0 Å². The van der Waals surface area contributed by atoms with Crippen LogP contribution in [-0.4, -0.2) is 28.8 Å². The van der Waals surface area contributed by atoms with Gasteiger partial charge in [-0.05, 0) is 42.8 Å². The molecule has 144 valence electrons. The second-order valence-corrected chi connectivity index (χ2v) is 7.50. The van der Waals surface area contributed by atoms with Crippen molar-refractivity contribution in [1.82, 2.24) is 5.32 Å². The predicted octanol–water partition coefficient (Wildman–Crippen LogP) is 3.54. The van der Waals surface area contributed by atoms with Gasteiger partial charge < -0.3 is 19.9 Å². The molecule has 0 bridgehead atoms. The summed E-state index contributed by atoms with van der Waals surface area (Å²) in [6.45, 7) is 0.322. The smallest absolute Gasteiger partial charge is 0.344 e. The maximum Gasteiger partial charge on any atom is 0.344 e. The number of para-hydroxylation sites is 1. The van der Waals surface area contributed by atoms with Crippen molar-refractivity contribution < 1.29 is 19.4 Å². The number of nitrogens with one attached hydrogen (secondary N) is 1. The van der Waals surface area contributed by atoms with E-state index in [1.165, 1.54) is 12.1 Å². The fourth-order valence-corrected chi connectivity index (χ4v) is 4.35. The quantitative estimate of drug-likeness (QED) is 0.561. The Morgan fingerprint density at radius 2 is 1.93 bits per heavy atom. The number of hydrogen-bond acceptors (Lipinski definition) is 5. The summed E-state index contributed by atoms with van der Waals surface area (Å²) >= 11 is 12.2. The average molecular weight is 420 g/mol. The van der Waals surface area contributed by atoms with Gasteiger partial charge in [-0.25, -0.2) is 4.79 Å². The Morgan fingerprint density at radius 1 is 1.18 bits per heavy atom. The van der Waals surface area contributed by atoms with Crippen molar-refractivity contribution in [3.8, 4) is 5.75 Å². The van der Waals surface area contributed by atoms with Crippen LogP contribution < -0.4 is 10.9 Å². The molecule has 1 aliphatic rings. The van der Waals surface area contributed by atoms with Gasteiger partial charge in [-0.15, -0.1) is 0 Å². The molecule has 28 heavy (non-hydrogen) atoms. The van der Waals surface area contributed by atoms with Crippen molar-refractivity contribution in [2.45, 2.75) is 17.9 Å². The molecule has 4 rings (SSSR count). The lowest BCUT2D eigenvalue weighted by Gasteiger charge is -2.33. The summed E-state index contributed by atoms with van der Waals surface area (Å²) in [4.78, 5) is 25.0. The highest BCUT2D eigenvalue weighted by molar-refractivity contribution is 6.42. The van der Waals surface area contributed by atoms with Gasteiger partial charge in [0, 0.05) is 0 Å². The largest absolute Gasteiger partial charge is 0.507 e. The minimum Gasteiger partial charge on any atom is -0.507 e. The van der Waals surface area contributed by atoms with E-state index in [-0.39, 0.29) is 28.3 Å². The van der Waals surface area contributed by atoms with E-state index in [0.29, 0.717) is 22.5 Å². The Morgan fingerprint density at radius 3 is 2.64 bits per heavy atom. The topological polar surface area (TPSA) is 99.8 Å². The minimum absolute atomic E-state index is 0.109. The average Bonchev–Trinajstić information content (AvgIpc) is 3.10. The highest BCUT2D eigenvalue weighted by Crippen LogP contribution is 2.46. The maximum absolute atomic E-state index is 12.9. The molecule has 1 aromatic heterocycles. The van der Waals surface area contributed by atoms with Crippen LogP contribution >= 0.6 is 23.2 Å². The van der Waals surface area contributed by atoms with Crippen LogP contribution in [0.5, 0.6) is 5.75 Å². The number of hydrogen-bond donors (Lipinski definition) is 3. The first kappa shape index (κ1) is 18.8. The highest BCUT2D eigenvalue weighted by atomic mass is 35.5. The Hall–Kier alpha value is -2.54. The second kappa shape index (κ2) is 6.81. The van der Waals surface area contributed by atoms with E-state index in [9.17, 15) is 19.8 Å². The van der Waals surface area contributed by atoms with Gasteiger partial charge in [-0.1, -0.05) is 41.4 Å². The number of aliphatic carboxylic acids is 1. The van der Waals surface area contributed by atoms with Crippen LogP contribution in [0.15, 0.2) is 51.7 Å². The molecule has 3 aromatic rings. The summed E-state index contributed by atoms with van der Waals surface area (Å²) in [5.41, 5.74) is -1.61. The molecule has 8 heteroatoms. The Labute approximate surface area is 169 Å². The first-order valence-corrected chi connectivity index (χ1v) is 9.29. The molecule has 0 saturated carbocycles. The predicted molar refractivity (Wildman–Crippen MR) is 105 cm³/mol. The number of carboxylic acid groups (broad SMARTS) is 1. The van der Waals surface area contributed by atoms with E-state index in [1.54, 1.807) is 30.3 Å². The van der Waals surface area contributed by atoms with Gasteiger partial charge in [0.15, 0.2) is 0 Å². The highest BCUT2D eigenvalue weighted by Gasteiger charge is 2.53. The summed E-state index contributed by atoms with van der Waals surface area (Å²) in [6, 6.07) is 10.1. The van der Waals surface area contributed by atoms with Crippen molar-refractivity contribution in [2.24, 2.45) is 0 Å². The van der Waals surface area contributed by atoms with Crippen LogP contribution in [0, 0.1) is 0 Å². The van der Waals surface area contributed by atoms with E-state index in [1.807, 2.05) is 0 Å². The molecule has 0 radical (unpaired) electrons. The van der Waals surface area contributed by atoms with Gasteiger partial charge in [-0.2, -0.15) is 0 Å². The molecule has 6 nitrogen and oxygen atoms in total. The van der Waals surface area contributed by atoms with Crippen LogP contribution in [0.3, 0.4) is 0 Å². The number of carboxylic acids is 1. The molecule has 3 N–H and O–H groups in total. The van der Waals surface area contributed by atoms with Gasteiger partial charge in [-0.3, -0.25) is 4.79 Å². The fraction of sp³-hybridized carbons (Fsp3) is 0.200. The molecule has 0 amide bonds. The zero-order valence-electron chi connectivity index (χ0n) is 14.4. The normalized spacial score (nSPS) is 21.9. The standard InChI is InChI=1S/C20H15Cl2NO5/c21-12-6-5-10(9-13(12)22)20(7-8-23-17(20)18(25)26)15-16(24)11-3-1-2-4-14(11)28-19(15)27/h1-6,9,17,23-24H,7-8H2,(H,25,26). The third-order valence-electron chi connectivity index (χ3n) is 5.27. The minimum atomic E-state index is -1.38. The van der Waals surface area contributed by atoms with E-state index in [2.05, 4.69) is 5.32 Å². The lowest BCUT2D eigenvalue weighted by Crippen LogP contribution is -2.49. The van der Waals surface area contributed by atoms with E-state index in [4.69, 9.17) is 27.6 Å². The molecular weight excluding hydrogens is 405 g/mol. The van der Waals surface area contributed by atoms with Crippen LogP contribution in [0.1, 0.15) is 17.5 Å². The number of carbonyl (C=O) groups is 1. The summed E-state index contributed by atoms with van der Waals surface area (Å²) in [6.07, 6.45) is 0.249. The monoisotopic (exact) mass is 419 g/mol. The van der Waals surface area contributed by atoms with Gasteiger partial charge >= 0.3 is 11.6 Å². The lowest BCUT2D eigenvalue weighted by molar-refractivity contribution is -0.140. The summed E-state index contributed by atoms with van der Waals surface area (Å²) in [5.74, 6) is -1.46. The first-order chi connectivity index (χ1) is 13.4. The molecule has 1 aliphatic heterocycles. The molecule has 2 atom stereocenters. The second-order valence-electron chi connectivity index (χ2n) is 6.68. The molecule has 0 aliphatic carbocycles. The van der Waals surface area contributed by atoms with E-state index >= 15 is 0 Å². The van der Waals surface area contributed by atoms with E-state index < -0.39 is 23.1 Å². The summed E-state index contributed by atoms with van der Waals surface area (Å²) in [7, 11) is 0. The van der Waals surface area contributed by atoms with Crippen molar-refractivity contribution in [1.29, 1.82) is 0 Å². The van der Waals surface area contributed by atoms with Gasteiger partial charge in [0.1, 0.15) is 17.4 Å². The Balaban J connectivity index is 2.11. The zero-order chi connectivity index (χ0) is 20.1. The number of aromatic hydroxyl groups is 1. The number of benzene rings is 2. The Bertz CT molecular complexity index is 1160. The van der Waals surface area contributed by atoms with Crippen LogP contribution in [-0.2, 0) is 10.2 Å². The molecule has 2 heterocycles. The summed E-state index contributed by atoms with van der Waals surface area (Å²) < 4.78 is 5.42. The van der Waals surface area contributed by atoms with Gasteiger partial charge in [0.2, 0.25) is 0 Å². The third-order valence-corrected chi connectivity index (χ3v) is 6.01. The number of fused-ring (bicyclic) bond motifs is 1. The van der Waals surface area contributed by atoms with Crippen molar-refractivity contribution in [3.05, 3.63) is 74.1 Å². The summed E-state index contributed by atoms with van der Waals surface area (Å²) in [5, 5.41) is 24.6. The van der Waals surface area contributed by atoms with Gasteiger partial charge in [0.05, 0.1) is 26.4 Å². The zero-order valence-corrected chi connectivity index (χ0v) is 15.9. The SMILES string of the molecule is O=C(O)C1NCCC1(c1ccc(Cl)c(Cl)c1)c1c(O)c2ccccc2oc1=O. The van der Waals surface area contributed by atoms with Crippen molar-refractivity contribution in [2.75, 3.05) is 6.54 Å². The van der Waals surface area contributed by atoms with E-state index in [0.717, 1.165) is 0 Å². The van der Waals surface area contributed by atoms with Crippen LogP contribution in [0.2, 0.25) is 10.0 Å². The van der Waals surface area contributed by atoms with Crippen molar-refractivity contribution in [3.63, 3.8) is 0 Å². The molecule has 0 spiro atoms. The number of rotatable bonds is 3. The maximum atomic E-state index is 12.9. The number of halogens is 2. The molecule has 1 fully saturated rings. The lowest BCUT2D eigenvalue weighted by atomic mass is 9.69. The van der Waals surface area contributed by atoms with Gasteiger partial charge in [0.25, 0.3) is 0 Å². The first-order valence-electron chi connectivity index (χ1n) is 8.53. The molecule has 2 aromatic carbocycles. The fourth-order valence-electron chi connectivity index (χ4n) is 4.06. The molecular formula is C20H15Cl2NO5. The molecule has 2 unspecified atom stereocenters. The third kappa shape index (κ3) is 2.68. The van der Waals surface area contributed by atoms with Crippen LogP contribution in [0.4, 0.5) is 0 Å². The van der Waals surface area contributed by atoms with Crippen molar-refractivity contribution >= 4 is 40.1 Å². The molecule has 1 saturated heterocycles. The Kier molecular flexibility index (Phi) is 4.57.